The molecule has 0 aliphatic rings. The number of ether oxygens (including phenoxy) is 1. The Balaban J connectivity index is 2.88. The topological polar surface area (TPSA) is 34.1 Å². The zero-order valence-electron chi connectivity index (χ0n) is 12.9. The third-order valence-electron chi connectivity index (χ3n) is 2.85. The van der Waals surface area contributed by atoms with Gasteiger partial charge in [0.1, 0.15) is 0 Å². The van der Waals surface area contributed by atoms with Gasteiger partial charge in [0.05, 0.1) is 12.8 Å². The van der Waals surface area contributed by atoms with E-state index in [1.54, 1.807) is 7.11 Å². The molecule has 3 nitrogen and oxygen atoms in total. The van der Waals surface area contributed by atoms with Crippen molar-refractivity contribution < 1.29 is 4.74 Å². The maximum absolute atomic E-state index is 5.16. The van der Waals surface area contributed by atoms with E-state index in [0.29, 0.717) is 11.8 Å². The number of methoxy groups -OCH3 is 1. The molecule has 0 aromatic carbocycles. The maximum Gasteiger partial charge on any atom is 0.213 e. The first-order valence-electron chi connectivity index (χ1n) is 6.78. The molecular formula is C16H26N2O. The quantitative estimate of drug-likeness (QED) is 0.881. The number of pyridine rings is 1. The van der Waals surface area contributed by atoms with Gasteiger partial charge in [0.2, 0.25) is 5.88 Å². The first-order valence-corrected chi connectivity index (χ1v) is 6.78. The fourth-order valence-electron chi connectivity index (χ4n) is 1.60. The number of nitrogens with zero attached hydrogens (tertiary/aromatic N) is 1. The van der Waals surface area contributed by atoms with E-state index in [2.05, 4.69) is 51.0 Å². The van der Waals surface area contributed by atoms with Crippen LogP contribution in [0.2, 0.25) is 0 Å². The van der Waals surface area contributed by atoms with Crippen LogP contribution < -0.4 is 10.1 Å². The molecule has 1 aromatic rings. The average molecular weight is 262 g/mol. The summed E-state index contributed by atoms with van der Waals surface area (Å²) in [6.45, 7) is 11.8. The van der Waals surface area contributed by atoms with Crippen molar-refractivity contribution in [1.29, 1.82) is 0 Å². The van der Waals surface area contributed by atoms with E-state index in [0.717, 1.165) is 12.2 Å². The van der Waals surface area contributed by atoms with Gasteiger partial charge in [-0.25, -0.2) is 4.98 Å². The van der Waals surface area contributed by atoms with Crippen LogP contribution in [-0.2, 0) is 0 Å². The van der Waals surface area contributed by atoms with Crippen LogP contribution >= 0.6 is 0 Å². The van der Waals surface area contributed by atoms with Crippen LogP contribution in [0.3, 0.4) is 0 Å². The smallest absolute Gasteiger partial charge is 0.213 e. The van der Waals surface area contributed by atoms with Gasteiger partial charge in [-0.1, -0.05) is 25.5 Å². The number of nitrogens with one attached hydrogen (secondary N) is 1. The highest BCUT2D eigenvalue weighted by molar-refractivity contribution is 5.50. The molecule has 1 N–H and O–H groups in total. The van der Waals surface area contributed by atoms with Gasteiger partial charge in [0.15, 0.2) is 0 Å². The molecule has 0 saturated heterocycles. The van der Waals surface area contributed by atoms with Crippen molar-refractivity contribution in [3.05, 3.63) is 29.5 Å². The summed E-state index contributed by atoms with van der Waals surface area (Å²) in [4.78, 5) is 4.43. The molecule has 19 heavy (non-hydrogen) atoms. The summed E-state index contributed by atoms with van der Waals surface area (Å²) in [5.74, 6) is 1.14. The average Bonchev–Trinajstić information content (AvgIpc) is 2.33. The molecule has 0 saturated carbocycles. The van der Waals surface area contributed by atoms with Crippen LogP contribution in [0.25, 0.3) is 6.08 Å². The van der Waals surface area contributed by atoms with Crippen LogP contribution in [-0.4, -0.2) is 24.2 Å². The summed E-state index contributed by atoms with van der Waals surface area (Å²) in [6.07, 6.45) is 2.14. The van der Waals surface area contributed by atoms with E-state index in [1.807, 2.05) is 18.2 Å². The molecule has 0 aliphatic carbocycles. The molecule has 0 aliphatic heterocycles. The first-order chi connectivity index (χ1) is 8.81. The number of hydrogen-bond donors (Lipinski definition) is 1. The highest BCUT2D eigenvalue weighted by Crippen LogP contribution is 2.16. The van der Waals surface area contributed by atoms with Crippen LogP contribution in [0.5, 0.6) is 5.88 Å². The highest BCUT2D eigenvalue weighted by Gasteiger charge is 2.11. The SMILES string of the molecule is COc1cccc(/C=C(/CNC(C)(C)C)C(C)C)n1. The molecule has 0 atom stereocenters. The summed E-state index contributed by atoms with van der Waals surface area (Å²) in [5, 5.41) is 3.52. The molecule has 0 spiro atoms. The second kappa shape index (κ2) is 6.71. The summed E-state index contributed by atoms with van der Waals surface area (Å²) >= 11 is 0. The highest BCUT2D eigenvalue weighted by atomic mass is 16.5. The minimum atomic E-state index is 0.121. The van der Waals surface area contributed by atoms with E-state index < -0.39 is 0 Å². The predicted octanol–water partition coefficient (Wildman–Crippen LogP) is 3.52. The van der Waals surface area contributed by atoms with E-state index >= 15 is 0 Å². The molecular weight excluding hydrogens is 236 g/mol. The summed E-state index contributed by atoms with van der Waals surface area (Å²) in [6, 6.07) is 5.83. The molecule has 3 heteroatoms. The Bertz CT molecular complexity index is 431. The van der Waals surface area contributed by atoms with Crippen molar-refractivity contribution in [3.8, 4) is 5.88 Å². The van der Waals surface area contributed by atoms with Crippen molar-refractivity contribution in [2.45, 2.75) is 40.2 Å². The Hall–Kier alpha value is -1.35. The van der Waals surface area contributed by atoms with Gasteiger partial charge in [-0.15, -0.1) is 0 Å². The van der Waals surface area contributed by atoms with E-state index in [1.165, 1.54) is 5.57 Å². The summed E-state index contributed by atoms with van der Waals surface area (Å²) < 4.78 is 5.16. The molecule has 0 bridgehead atoms. The molecule has 106 valence electrons. The summed E-state index contributed by atoms with van der Waals surface area (Å²) in [7, 11) is 1.64. The van der Waals surface area contributed by atoms with Crippen molar-refractivity contribution in [2.24, 2.45) is 5.92 Å². The van der Waals surface area contributed by atoms with Crippen LogP contribution in [0.4, 0.5) is 0 Å². The largest absolute Gasteiger partial charge is 0.481 e. The van der Waals surface area contributed by atoms with E-state index in [-0.39, 0.29) is 5.54 Å². The fourth-order valence-corrected chi connectivity index (χ4v) is 1.60. The summed E-state index contributed by atoms with van der Waals surface area (Å²) in [5.41, 5.74) is 2.41. The van der Waals surface area contributed by atoms with Crippen molar-refractivity contribution in [2.75, 3.05) is 13.7 Å². The van der Waals surface area contributed by atoms with Crippen molar-refractivity contribution in [3.63, 3.8) is 0 Å². The van der Waals surface area contributed by atoms with Crippen molar-refractivity contribution >= 4 is 6.08 Å². The monoisotopic (exact) mass is 262 g/mol. The molecule has 1 aromatic heterocycles. The third-order valence-corrected chi connectivity index (χ3v) is 2.85. The van der Waals surface area contributed by atoms with E-state index in [4.69, 9.17) is 4.74 Å². The van der Waals surface area contributed by atoms with Gasteiger partial charge in [0.25, 0.3) is 0 Å². The normalized spacial score (nSPS) is 12.9. The van der Waals surface area contributed by atoms with Gasteiger partial charge < -0.3 is 10.1 Å². The zero-order chi connectivity index (χ0) is 14.5. The Morgan fingerprint density at radius 1 is 1.37 bits per heavy atom. The van der Waals surface area contributed by atoms with Crippen LogP contribution in [0.15, 0.2) is 23.8 Å². The molecule has 1 rings (SSSR count). The van der Waals surface area contributed by atoms with Gasteiger partial charge >= 0.3 is 0 Å². The van der Waals surface area contributed by atoms with Gasteiger partial charge in [0, 0.05) is 18.2 Å². The minimum absolute atomic E-state index is 0.121. The number of aromatic nitrogens is 1. The van der Waals surface area contributed by atoms with Crippen LogP contribution in [0.1, 0.15) is 40.3 Å². The fraction of sp³-hybridized carbons (Fsp3) is 0.562. The van der Waals surface area contributed by atoms with E-state index in [9.17, 15) is 0 Å². The number of rotatable bonds is 5. The Morgan fingerprint density at radius 2 is 2.05 bits per heavy atom. The standard InChI is InChI=1S/C16H26N2O/c1-12(2)13(11-17-16(3,4)5)10-14-8-7-9-15(18-14)19-6/h7-10,12,17H,11H2,1-6H3/b13-10-. The van der Waals surface area contributed by atoms with Gasteiger partial charge in [-0.2, -0.15) is 0 Å². The Morgan fingerprint density at radius 3 is 2.58 bits per heavy atom. The molecule has 0 amide bonds. The molecule has 0 unspecified atom stereocenters. The lowest BCUT2D eigenvalue weighted by Gasteiger charge is -2.23. The minimum Gasteiger partial charge on any atom is -0.481 e. The predicted molar refractivity (Wildman–Crippen MR) is 81.4 cm³/mol. The lowest BCUT2D eigenvalue weighted by Crippen LogP contribution is -2.37. The van der Waals surface area contributed by atoms with Crippen molar-refractivity contribution in [1.82, 2.24) is 10.3 Å². The first kappa shape index (κ1) is 15.7. The van der Waals surface area contributed by atoms with Gasteiger partial charge in [-0.3, -0.25) is 0 Å². The molecule has 0 radical (unpaired) electrons. The second-order valence-corrected chi connectivity index (χ2v) is 6.08. The zero-order valence-corrected chi connectivity index (χ0v) is 12.9. The molecule has 1 heterocycles. The Labute approximate surface area is 117 Å². The maximum atomic E-state index is 5.16. The Kier molecular flexibility index (Phi) is 5.55. The lowest BCUT2D eigenvalue weighted by atomic mass is 10.00. The lowest BCUT2D eigenvalue weighted by molar-refractivity contribution is 0.397. The third kappa shape index (κ3) is 5.88. The van der Waals surface area contributed by atoms with Crippen LogP contribution in [0, 0.1) is 5.92 Å². The second-order valence-electron chi connectivity index (χ2n) is 6.08. The number of hydrogen-bond acceptors (Lipinski definition) is 3. The molecule has 0 fully saturated rings. The van der Waals surface area contributed by atoms with Gasteiger partial charge in [-0.05, 0) is 38.8 Å².